The highest BCUT2D eigenvalue weighted by atomic mass is 14.4. The molecule has 1 aromatic rings. The number of hydrogen-bond donors (Lipinski definition) is 1. The average molecular weight is 185 g/mol. The van der Waals surface area contributed by atoms with Gasteiger partial charge in [0.25, 0.3) is 0 Å². The second kappa shape index (κ2) is 5.64. The number of aryl methyl sites for hydroxylation is 1. The van der Waals surface area contributed by atoms with Gasteiger partial charge in [0, 0.05) is 5.71 Å². The molecule has 1 rings (SSSR count). The van der Waals surface area contributed by atoms with Gasteiger partial charge in [-0.25, -0.2) is 0 Å². The Morgan fingerprint density at radius 3 is 2.43 bits per heavy atom. The Kier molecular flexibility index (Phi) is 4.44. The third-order valence-corrected chi connectivity index (χ3v) is 2.25. The summed E-state index contributed by atoms with van der Waals surface area (Å²) in [5, 5.41) is 7.66. The summed E-state index contributed by atoms with van der Waals surface area (Å²) in [6, 6.07) is 7.90. The first-order valence-corrected chi connectivity index (χ1v) is 5.13. The summed E-state index contributed by atoms with van der Waals surface area (Å²) < 4.78 is 0. The summed E-state index contributed by atoms with van der Waals surface area (Å²) in [6.07, 6.45) is 3.83. The van der Waals surface area contributed by atoms with Crippen LogP contribution < -0.4 is 5.46 Å². The maximum atomic E-state index is 7.66. The normalized spacial score (nSPS) is 10.1. The van der Waals surface area contributed by atoms with Crippen LogP contribution in [-0.2, 0) is 6.42 Å². The van der Waals surface area contributed by atoms with Gasteiger partial charge in [-0.05, 0) is 24.8 Å². The molecule has 0 spiro atoms. The van der Waals surface area contributed by atoms with Crippen LogP contribution in [0, 0.1) is 5.41 Å². The zero-order valence-corrected chi connectivity index (χ0v) is 8.72. The fraction of sp³-hybridized carbons (Fsp3) is 0.417. The Balaban J connectivity index is 2.38. The SMILES string of the molecule is [B]c1ccc(CCC(=N)CCC)cc1. The molecule has 0 aliphatic rings. The van der Waals surface area contributed by atoms with E-state index in [0.29, 0.717) is 0 Å². The molecule has 0 fully saturated rings. The third kappa shape index (κ3) is 3.78. The van der Waals surface area contributed by atoms with E-state index in [1.54, 1.807) is 0 Å². The van der Waals surface area contributed by atoms with Crippen molar-refractivity contribution in [3.63, 3.8) is 0 Å². The van der Waals surface area contributed by atoms with E-state index in [9.17, 15) is 0 Å². The molecule has 0 unspecified atom stereocenters. The lowest BCUT2D eigenvalue weighted by atomic mass is 9.94. The van der Waals surface area contributed by atoms with Crippen molar-refractivity contribution in [2.75, 3.05) is 0 Å². The predicted octanol–water partition coefficient (Wildman–Crippen LogP) is 2.23. The van der Waals surface area contributed by atoms with Crippen LogP contribution in [0.1, 0.15) is 31.7 Å². The van der Waals surface area contributed by atoms with Crippen LogP contribution in [0.25, 0.3) is 0 Å². The lowest BCUT2D eigenvalue weighted by molar-refractivity contribution is 0.923. The van der Waals surface area contributed by atoms with E-state index >= 15 is 0 Å². The van der Waals surface area contributed by atoms with E-state index in [0.717, 1.165) is 36.9 Å². The van der Waals surface area contributed by atoms with Crippen molar-refractivity contribution in [2.24, 2.45) is 0 Å². The number of rotatable bonds is 5. The first kappa shape index (κ1) is 11.0. The van der Waals surface area contributed by atoms with E-state index in [2.05, 4.69) is 6.92 Å². The molecular weight excluding hydrogens is 169 g/mol. The maximum absolute atomic E-state index is 7.66. The first-order chi connectivity index (χ1) is 6.72. The van der Waals surface area contributed by atoms with E-state index < -0.39 is 0 Å². The number of nitrogens with one attached hydrogen (secondary N) is 1. The predicted molar refractivity (Wildman–Crippen MR) is 62.8 cm³/mol. The van der Waals surface area contributed by atoms with Crippen molar-refractivity contribution in [3.8, 4) is 0 Å². The first-order valence-electron chi connectivity index (χ1n) is 5.13. The topological polar surface area (TPSA) is 23.9 Å². The molecule has 0 atom stereocenters. The van der Waals surface area contributed by atoms with E-state index in [1.165, 1.54) is 5.56 Å². The van der Waals surface area contributed by atoms with Gasteiger partial charge in [-0.1, -0.05) is 43.1 Å². The van der Waals surface area contributed by atoms with Crippen molar-refractivity contribution < 1.29 is 0 Å². The zero-order valence-electron chi connectivity index (χ0n) is 8.72. The van der Waals surface area contributed by atoms with Crippen molar-refractivity contribution in [2.45, 2.75) is 32.6 Å². The molecule has 0 aliphatic heterocycles. The molecule has 0 bridgehead atoms. The fourth-order valence-corrected chi connectivity index (χ4v) is 1.41. The summed E-state index contributed by atoms with van der Waals surface area (Å²) in [5.74, 6) is 0. The van der Waals surface area contributed by atoms with Crippen LogP contribution in [-0.4, -0.2) is 13.6 Å². The minimum absolute atomic E-state index is 0.803. The van der Waals surface area contributed by atoms with E-state index in [1.807, 2.05) is 24.3 Å². The molecule has 0 amide bonds. The molecule has 0 aliphatic carbocycles. The lowest BCUT2D eigenvalue weighted by Crippen LogP contribution is -2.02. The Morgan fingerprint density at radius 2 is 1.86 bits per heavy atom. The lowest BCUT2D eigenvalue weighted by Gasteiger charge is -2.03. The number of hydrogen-bond acceptors (Lipinski definition) is 1. The molecule has 0 aromatic heterocycles. The minimum Gasteiger partial charge on any atom is -0.310 e. The van der Waals surface area contributed by atoms with Crippen molar-refractivity contribution in [1.29, 1.82) is 5.41 Å². The summed E-state index contributed by atoms with van der Waals surface area (Å²) in [7, 11) is 5.59. The zero-order chi connectivity index (χ0) is 10.4. The second-order valence-electron chi connectivity index (χ2n) is 3.60. The smallest absolute Gasteiger partial charge is 0.113 e. The van der Waals surface area contributed by atoms with Crippen LogP contribution >= 0.6 is 0 Å². The highest BCUT2D eigenvalue weighted by molar-refractivity contribution is 6.32. The summed E-state index contributed by atoms with van der Waals surface area (Å²) in [5.41, 5.74) is 2.92. The van der Waals surface area contributed by atoms with Gasteiger partial charge in [0.15, 0.2) is 0 Å². The Labute approximate surface area is 87.5 Å². The fourth-order valence-electron chi connectivity index (χ4n) is 1.41. The highest BCUT2D eigenvalue weighted by Gasteiger charge is 1.97. The average Bonchev–Trinajstić information content (AvgIpc) is 2.17. The monoisotopic (exact) mass is 185 g/mol. The van der Waals surface area contributed by atoms with E-state index in [-0.39, 0.29) is 0 Å². The van der Waals surface area contributed by atoms with Gasteiger partial charge in [-0.15, -0.1) is 0 Å². The van der Waals surface area contributed by atoms with Crippen LogP contribution in [0.2, 0.25) is 0 Å². The molecular formula is C12H16BN. The third-order valence-electron chi connectivity index (χ3n) is 2.25. The molecule has 1 N–H and O–H groups in total. The molecule has 2 heteroatoms. The van der Waals surface area contributed by atoms with Crippen molar-refractivity contribution in [3.05, 3.63) is 29.8 Å². The largest absolute Gasteiger partial charge is 0.310 e. The van der Waals surface area contributed by atoms with Gasteiger partial charge in [0.05, 0.1) is 0 Å². The van der Waals surface area contributed by atoms with Gasteiger partial charge in [-0.2, -0.15) is 0 Å². The summed E-state index contributed by atoms with van der Waals surface area (Å²) in [4.78, 5) is 0. The van der Waals surface area contributed by atoms with Crippen LogP contribution in [0.4, 0.5) is 0 Å². The minimum atomic E-state index is 0.803. The Bertz CT molecular complexity index is 290. The number of benzene rings is 1. The van der Waals surface area contributed by atoms with Crippen LogP contribution in [0.3, 0.4) is 0 Å². The molecule has 1 aromatic carbocycles. The van der Waals surface area contributed by atoms with Gasteiger partial charge in [0.1, 0.15) is 7.85 Å². The molecule has 0 saturated heterocycles. The molecule has 14 heavy (non-hydrogen) atoms. The van der Waals surface area contributed by atoms with Crippen molar-refractivity contribution >= 4 is 19.0 Å². The Morgan fingerprint density at radius 1 is 1.21 bits per heavy atom. The maximum Gasteiger partial charge on any atom is 0.113 e. The molecule has 2 radical (unpaired) electrons. The van der Waals surface area contributed by atoms with Gasteiger partial charge in [0.2, 0.25) is 0 Å². The van der Waals surface area contributed by atoms with E-state index in [4.69, 9.17) is 13.3 Å². The van der Waals surface area contributed by atoms with Gasteiger partial charge in [-0.3, -0.25) is 0 Å². The highest BCUT2D eigenvalue weighted by Crippen LogP contribution is 2.04. The molecule has 1 nitrogen and oxygen atoms in total. The molecule has 0 saturated carbocycles. The molecule has 0 heterocycles. The standard InChI is InChI=1S/C12H16BN/c1-2-3-12(14)9-6-10-4-7-11(13)8-5-10/h4-5,7-8,14H,2-3,6,9H2,1H3. The van der Waals surface area contributed by atoms with Crippen molar-refractivity contribution in [1.82, 2.24) is 0 Å². The quantitative estimate of drug-likeness (QED) is 0.537. The molecule has 72 valence electrons. The van der Waals surface area contributed by atoms with Gasteiger partial charge >= 0.3 is 0 Å². The summed E-state index contributed by atoms with van der Waals surface area (Å²) in [6.45, 7) is 2.11. The van der Waals surface area contributed by atoms with Crippen LogP contribution in [0.15, 0.2) is 24.3 Å². The summed E-state index contributed by atoms with van der Waals surface area (Å²) >= 11 is 0. The van der Waals surface area contributed by atoms with Crippen LogP contribution in [0.5, 0.6) is 0 Å². The Hall–Kier alpha value is -1.05. The second-order valence-corrected chi connectivity index (χ2v) is 3.60. The van der Waals surface area contributed by atoms with Gasteiger partial charge < -0.3 is 5.41 Å².